The zero-order valence-corrected chi connectivity index (χ0v) is 16.8. The lowest BCUT2D eigenvalue weighted by Crippen LogP contribution is -2.37. The van der Waals surface area contributed by atoms with Gasteiger partial charge < -0.3 is 15.4 Å². The molecule has 0 amide bonds. The number of halogens is 1. The third kappa shape index (κ3) is 6.38. The van der Waals surface area contributed by atoms with Gasteiger partial charge in [0.25, 0.3) is 0 Å². The second-order valence-electron chi connectivity index (χ2n) is 5.29. The smallest absolute Gasteiger partial charge is 0.191 e. The fourth-order valence-corrected chi connectivity index (χ4v) is 2.28. The molecule has 0 bridgehead atoms. The van der Waals surface area contributed by atoms with E-state index in [1.807, 2.05) is 23.0 Å². The summed E-state index contributed by atoms with van der Waals surface area (Å²) in [4.78, 5) is 4.24. The number of nitrogens with zero attached hydrogens (tertiary/aromatic N) is 3. The normalized spacial score (nSPS) is 10.9. The largest absolute Gasteiger partial charge is 0.496 e. The van der Waals surface area contributed by atoms with Crippen LogP contribution in [0.5, 0.6) is 5.75 Å². The van der Waals surface area contributed by atoms with Crippen molar-refractivity contribution in [3.05, 3.63) is 47.8 Å². The average molecular weight is 443 g/mol. The van der Waals surface area contributed by atoms with Crippen LogP contribution < -0.4 is 15.4 Å². The van der Waals surface area contributed by atoms with E-state index < -0.39 is 0 Å². The maximum absolute atomic E-state index is 5.42. The molecule has 0 aliphatic carbocycles. The van der Waals surface area contributed by atoms with Gasteiger partial charge in [-0.2, -0.15) is 5.10 Å². The number of rotatable bonds is 7. The number of hydrogen-bond acceptors (Lipinski definition) is 3. The summed E-state index contributed by atoms with van der Waals surface area (Å²) in [6, 6.07) is 8.13. The van der Waals surface area contributed by atoms with Crippen LogP contribution >= 0.6 is 24.0 Å². The zero-order valence-electron chi connectivity index (χ0n) is 14.5. The number of ether oxygens (including phenoxy) is 1. The number of aromatic nitrogens is 2. The highest BCUT2D eigenvalue weighted by Gasteiger charge is 2.04. The lowest BCUT2D eigenvalue weighted by atomic mass is 10.1. The SMILES string of the molecule is CN=C(NCCCn1cccn1)NCc1ccc(C)cc1OC.I. The third-order valence-electron chi connectivity index (χ3n) is 3.53. The first-order valence-corrected chi connectivity index (χ1v) is 7.78. The molecule has 0 aliphatic rings. The molecule has 1 aromatic carbocycles. The second-order valence-corrected chi connectivity index (χ2v) is 5.29. The van der Waals surface area contributed by atoms with E-state index in [1.165, 1.54) is 5.56 Å². The molecule has 1 heterocycles. The van der Waals surface area contributed by atoms with Gasteiger partial charge in [0.1, 0.15) is 5.75 Å². The molecule has 0 fully saturated rings. The van der Waals surface area contributed by atoms with Crippen molar-refractivity contribution < 1.29 is 4.74 Å². The minimum absolute atomic E-state index is 0. The van der Waals surface area contributed by atoms with Crippen molar-refractivity contribution >= 4 is 29.9 Å². The molecule has 0 aliphatic heterocycles. The zero-order chi connectivity index (χ0) is 16.5. The van der Waals surface area contributed by atoms with E-state index in [4.69, 9.17) is 4.74 Å². The van der Waals surface area contributed by atoms with Crippen LogP contribution in [0.3, 0.4) is 0 Å². The van der Waals surface area contributed by atoms with Crippen molar-refractivity contribution in [2.75, 3.05) is 20.7 Å². The Morgan fingerprint density at radius 1 is 1.33 bits per heavy atom. The van der Waals surface area contributed by atoms with Gasteiger partial charge in [-0.15, -0.1) is 24.0 Å². The van der Waals surface area contributed by atoms with Crippen molar-refractivity contribution in [1.29, 1.82) is 0 Å². The number of nitrogens with one attached hydrogen (secondary N) is 2. The lowest BCUT2D eigenvalue weighted by Gasteiger charge is -2.14. The first-order chi connectivity index (χ1) is 11.2. The number of aliphatic imine (C=N–C) groups is 1. The fourth-order valence-electron chi connectivity index (χ4n) is 2.28. The molecule has 0 saturated carbocycles. The van der Waals surface area contributed by atoms with Gasteiger partial charge in [-0.1, -0.05) is 12.1 Å². The molecule has 2 N–H and O–H groups in total. The molecule has 0 atom stereocenters. The maximum Gasteiger partial charge on any atom is 0.191 e. The topological polar surface area (TPSA) is 63.5 Å². The maximum atomic E-state index is 5.42. The number of aryl methyl sites for hydroxylation is 2. The standard InChI is InChI=1S/C17H25N5O.HI/c1-14-6-7-15(16(12-14)23-3)13-20-17(18-2)19-8-4-10-22-11-5-9-21-22;/h5-7,9,11-12H,4,8,10,13H2,1-3H3,(H2,18,19,20);1H. The van der Waals surface area contributed by atoms with Gasteiger partial charge in [-0.3, -0.25) is 9.67 Å². The van der Waals surface area contributed by atoms with Crippen LogP contribution in [0, 0.1) is 6.92 Å². The van der Waals surface area contributed by atoms with Gasteiger partial charge in [-0.25, -0.2) is 0 Å². The minimum Gasteiger partial charge on any atom is -0.496 e. The summed E-state index contributed by atoms with van der Waals surface area (Å²) in [6.07, 6.45) is 4.75. The number of guanidine groups is 1. The highest BCUT2D eigenvalue weighted by Crippen LogP contribution is 2.19. The van der Waals surface area contributed by atoms with E-state index in [2.05, 4.69) is 39.8 Å². The molecule has 2 rings (SSSR count). The molecule has 24 heavy (non-hydrogen) atoms. The average Bonchev–Trinajstić information content (AvgIpc) is 3.08. The molecule has 132 valence electrons. The summed E-state index contributed by atoms with van der Waals surface area (Å²) >= 11 is 0. The lowest BCUT2D eigenvalue weighted by molar-refractivity contribution is 0.408. The summed E-state index contributed by atoms with van der Waals surface area (Å²) in [5.74, 6) is 1.68. The second kappa shape index (κ2) is 10.9. The Kier molecular flexibility index (Phi) is 9.21. The number of benzene rings is 1. The van der Waals surface area contributed by atoms with Gasteiger partial charge >= 0.3 is 0 Å². The molecule has 0 radical (unpaired) electrons. The Hall–Kier alpha value is -1.77. The predicted molar refractivity (Wildman–Crippen MR) is 108 cm³/mol. The van der Waals surface area contributed by atoms with Crippen LogP contribution in [0.4, 0.5) is 0 Å². The Morgan fingerprint density at radius 3 is 2.83 bits per heavy atom. The monoisotopic (exact) mass is 443 g/mol. The van der Waals surface area contributed by atoms with Crippen molar-refractivity contribution in [3.8, 4) is 5.75 Å². The Balaban J connectivity index is 0.00000288. The predicted octanol–water partition coefficient (Wildman–Crippen LogP) is 2.57. The summed E-state index contributed by atoms with van der Waals surface area (Å²) in [5, 5.41) is 10.8. The molecule has 1 aromatic heterocycles. The van der Waals surface area contributed by atoms with Crippen LogP contribution in [0.1, 0.15) is 17.5 Å². The van der Waals surface area contributed by atoms with Crippen molar-refractivity contribution in [2.45, 2.75) is 26.4 Å². The molecule has 2 aromatic rings. The molecule has 7 heteroatoms. The third-order valence-corrected chi connectivity index (χ3v) is 3.53. The van der Waals surface area contributed by atoms with E-state index in [1.54, 1.807) is 20.4 Å². The molecule has 6 nitrogen and oxygen atoms in total. The molecular formula is C17H26IN5O. The Morgan fingerprint density at radius 2 is 2.17 bits per heavy atom. The van der Waals surface area contributed by atoms with Gasteiger partial charge in [0.2, 0.25) is 0 Å². The van der Waals surface area contributed by atoms with E-state index in [0.29, 0.717) is 6.54 Å². The summed E-state index contributed by atoms with van der Waals surface area (Å²) in [6.45, 7) is 4.45. The highest BCUT2D eigenvalue weighted by atomic mass is 127. The van der Waals surface area contributed by atoms with E-state index in [-0.39, 0.29) is 24.0 Å². The Bertz CT molecular complexity index is 628. The van der Waals surface area contributed by atoms with Crippen molar-refractivity contribution in [2.24, 2.45) is 4.99 Å². The highest BCUT2D eigenvalue weighted by molar-refractivity contribution is 14.0. The molecule has 0 spiro atoms. The molecule has 0 saturated heterocycles. The first-order valence-electron chi connectivity index (χ1n) is 7.78. The summed E-state index contributed by atoms with van der Waals surface area (Å²) < 4.78 is 7.35. The Labute approximate surface area is 160 Å². The van der Waals surface area contributed by atoms with Crippen LogP contribution in [0.2, 0.25) is 0 Å². The number of hydrogen-bond donors (Lipinski definition) is 2. The van der Waals surface area contributed by atoms with Gasteiger partial charge in [0, 0.05) is 44.6 Å². The van der Waals surface area contributed by atoms with Crippen molar-refractivity contribution in [1.82, 2.24) is 20.4 Å². The summed E-state index contributed by atoms with van der Waals surface area (Å²) in [5.41, 5.74) is 2.30. The first kappa shape index (κ1) is 20.3. The van der Waals surface area contributed by atoms with E-state index in [9.17, 15) is 0 Å². The van der Waals surface area contributed by atoms with Crippen LogP contribution in [0.15, 0.2) is 41.7 Å². The van der Waals surface area contributed by atoms with Gasteiger partial charge in [0.05, 0.1) is 7.11 Å². The van der Waals surface area contributed by atoms with E-state index in [0.717, 1.165) is 36.8 Å². The van der Waals surface area contributed by atoms with E-state index >= 15 is 0 Å². The van der Waals surface area contributed by atoms with Gasteiger partial charge in [-0.05, 0) is 31.0 Å². The quantitative estimate of drug-likeness (QED) is 0.299. The number of methoxy groups -OCH3 is 1. The minimum atomic E-state index is 0. The van der Waals surface area contributed by atoms with Crippen molar-refractivity contribution in [3.63, 3.8) is 0 Å². The summed E-state index contributed by atoms with van der Waals surface area (Å²) in [7, 11) is 3.47. The molecule has 0 unspecified atom stereocenters. The van der Waals surface area contributed by atoms with Crippen LogP contribution in [0.25, 0.3) is 0 Å². The van der Waals surface area contributed by atoms with Crippen LogP contribution in [-0.4, -0.2) is 36.4 Å². The fraction of sp³-hybridized carbons (Fsp3) is 0.412. The van der Waals surface area contributed by atoms with Crippen LogP contribution in [-0.2, 0) is 13.1 Å². The molecular weight excluding hydrogens is 417 g/mol. The van der Waals surface area contributed by atoms with Gasteiger partial charge in [0.15, 0.2) is 5.96 Å².